The van der Waals surface area contributed by atoms with Crippen molar-refractivity contribution in [3.63, 3.8) is 0 Å². The molecule has 1 atom stereocenters. The molecular weight excluding hydrogens is 478 g/mol. The zero-order chi connectivity index (χ0) is 28.2. The van der Waals surface area contributed by atoms with Gasteiger partial charge < -0.3 is 24.7 Å². The molecule has 0 radical (unpaired) electrons. The minimum Gasteiger partial charge on any atom is -0.468 e. The summed E-state index contributed by atoms with van der Waals surface area (Å²) in [6.07, 6.45) is 1.77. The smallest absolute Gasteiger partial charge is 0.326 e. The Morgan fingerprint density at radius 1 is 0.865 bits per heavy atom. The first kappa shape index (κ1) is 32.1. The molecule has 208 valence electrons. The molecule has 0 bridgehead atoms. The van der Waals surface area contributed by atoms with Crippen LogP contribution in [0.1, 0.15) is 79.2 Å². The maximum absolute atomic E-state index is 12.6. The molecule has 9 nitrogen and oxygen atoms in total. The fraction of sp³-hybridized carbons (Fsp3) is 0.643. The SMILES string of the molecule is COC(=O)[C@@](N)(CCOC(=O)C(C)C)Cc1ccc(OC(=O)CCC(C)C)c(OC(=O)CCC(C)C)c1. The Kier molecular flexibility index (Phi) is 13.3. The fourth-order valence-corrected chi connectivity index (χ4v) is 3.32. The van der Waals surface area contributed by atoms with Crippen molar-refractivity contribution in [1.29, 1.82) is 0 Å². The molecule has 0 aliphatic carbocycles. The van der Waals surface area contributed by atoms with Gasteiger partial charge in [-0.3, -0.25) is 19.2 Å². The highest BCUT2D eigenvalue weighted by Gasteiger charge is 2.36. The number of hydrogen-bond acceptors (Lipinski definition) is 9. The third-order valence-electron chi connectivity index (χ3n) is 5.68. The summed E-state index contributed by atoms with van der Waals surface area (Å²) in [5.41, 5.74) is 5.46. The van der Waals surface area contributed by atoms with Gasteiger partial charge in [-0.1, -0.05) is 47.6 Å². The van der Waals surface area contributed by atoms with E-state index in [4.69, 9.17) is 24.7 Å². The molecule has 37 heavy (non-hydrogen) atoms. The number of carbonyl (C=O) groups is 4. The highest BCUT2D eigenvalue weighted by atomic mass is 16.6. The lowest BCUT2D eigenvalue weighted by Gasteiger charge is -2.27. The molecule has 1 rings (SSSR count). The molecule has 0 aromatic heterocycles. The molecule has 0 aliphatic rings. The molecule has 0 spiro atoms. The summed E-state index contributed by atoms with van der Waals surface area (Å²) in [6, 6.07) is 4.69. The van der Waals surface area contributed by atoms with Gasteiger partial charge in [-0.15, -0.1) is 0 Å². The van der Waals surface area contributed by atoms with Crippen LogP contribution >= 0.6 is 0 Å². The van der Waals surface area contributed by atoms with E-state index in [1.165, 1.54) is 19.2 Å². The maximum Gasteiger partial charge on any atom is 0.326 e. The Labute approximate surface area is 220 Å². The van der Waals surface area contributed by atoms with E-state index in [-0.39, 0.29) is 49.7 Å². The molecule has 2 N–H and O–H groups in total. The van der Waals surface area contributed by atoms with Crippen molar-refractivity contribution in [2.24, 2.45) is 23.5 Å². The zero-order valence-electron chi connectivity index (χ0n) is 23.3. The van der Waals surface area contributed by atoms with Crippen LogP contribution in [0.15, 0.2) is 18.2 Å². The summed E-state index contributed by atoms with van der Waals surface area (Å²) in [6.45, 7) is 11.4. The average Bonchev–Trinajstić information content (AvgIpc) is 2.82. The first-order valence-electron chi connectivity index (χ1n) is 12.9. The van der Waals surface area contributed by atoms with E-state index in [1.54, 1.807) is 19.9 Å². The molecule has 0 unspecified atom stereocenters. The van der Waals surface area contributed by atoms with Crippen molar-refractivity contribution in [2.75, 3.05) is 13.7 Å². The lowest BCUT2D eigenvalue weighted by atomic mass is 9.88. The van der Waals surface area contributed by atoms with Gasteiger partial charge >= 0.3 is 23.9 Å². The van der Waals surface area contributed by atoms with Gasteiger partial charge in [-0.2, -0.15) is 0 Å². The van der Waals surface area contributed by atoms with Crippen LogP contribution in [0.2, 0.25) is 0 Å². The van der Waals surface area contributed by atoms with Gasteiger partial charge in [0, 0.05) is 25.7 Å². The van der Waals surface area contributed by atoms with Crippen molar-refractivity contribution >= 4 is 23.9 Å². The minimum absolute atomic E-state index is 0.0109. The van der Waals surface area contributed by atoms with E-state index in [2.05, 4.69) is 0 Å². The number of carbonyl (C=O) groups excluding carboxylic acids is 4. The predicted molar refractivity (Wildman–Crippen MR) is 139 cm³/mol. The number of hydrogen-bond donors (Lipinski definition) is 1. The summed E-state index contributed by atoms with van der Waals surface area (Å²) >= 11 is 0. The highest BCUT2D eigenvalue weighted by molar-refractivity contribution is 5.81. The first-order chi connectivity index (χ1) is 17.3. The van der Waals surface area contributed by atoms with Crippen molar-refractivity contribution in [3.8, 4) is 11.5 Å². The van der Waals surface area contributed by atoms with Crippen LogP contribution in [-0.4, -0.2) is 43.1 Å². The molecule has 9 heteroatoms. The molecule has 0 saturated carbocycles. The summed E-state index contributed by atoms with van der Waals surface area (Å²) in [5.74, 6) is -1.44. The monoisotopic (exact) mass is 521 g/mol. The third-order valence-corrected chi connectivity index (χ3v) is 5.68. The normalized spacial score (nSPS) is 12.8. The Balaban J connectivity index is 3.17. The van der Waals surface area contributed by atoms with Crippen LogP contribution in [0, 0.1) is 17.8 Å². The molecular formula is C28H43NO8. The van der Waals surface area contributed by atoms with Crippen molar-refractivity contribution in [2.45, 2.75) is 85.6 Å². The van der Waals surface area contributed by atoms with Gasteiger partial charge in [0.25, 0.3) is 0 Å². The fourth-order valence-electron chi connectivity index (χ4n) is 3.32. The second kappa shape index (κ2) is 15.3. The van der Waals surface area contributed by atoms with Crippen LogP contribution in [0.4, 0.5) is 0 Å². The van der Waals surface area contributed by atoms with E-state index in [9.17, 15) is 19.2 Å². The number of rotatable bonds is 15. The lowest BCUT2D eigenvalue weighted by Crippen LogP contribution is -2.51. The quantitative estimate of drug-likeness (QED) is 0.264. The average molecular weight is 522 g/mol. The van der Waals surface area contributed by atoms with Gasteiger partial charge in [0.2, 0.25) is 0 Å². The number of nitrogens with two attached hydrogens (primary N) is 1. The lowest BCUT2D eigenvalue weighted by molar-refractivity contribution is -0.152. The number of methoxy groups -OCH3 is 1. The van der Waals surface area contributed by atoms with Crippen molar-refractivity contribution in [1.82, 2.24) is 0 Å². The van der Waals surface area contributed by atoms with Crippen LogP contribution in [0.5, 0.6) is 11.5 Å². The number of esters is 4. The van der Waals surface area contributed by atoms with E-state index in [0.717, 1.165) is 0 Å². The van der Waals surface area contributed by atoms with Crippen LogP contribution in [0.25, 0.3) is 0 Å². The summed E-state index contributed by atoms with van der Waals surface area (Å²) < 4.78 is 21.2. The number of ether oxygens (including phenoxy) is 4. The summed E-state index contributed by atoms with van der Waals surface area (Å²) in [5, 5.41) is 0. The molecule has 1 aromatic carbocycles. The van der Waals surface area contributed by atoms with Crippen LogP contribution < -0.4 is 15.2 Å². The summed E-state index contributed by atoms with van der Waals surface area (Å²) in [7, 11) is 1.23. The van der Waals surface area contributed by atoms with E-state index < -0.39 is 29.4 Å². The van der Waals surface area contributed by atoms with Crippen molar-refractivity contribution in [3.05, 3.63) is 23.8 Å². The van der Waals surface area contributed by atoms with E-state index in [0.29, 0.717) is 30.2 Å². The molecule has 0 amide bonds. The first-order valence-corrected chi connectivity index (χ1v) is 12.9. The van der Waals surface area contributed by atoms with Gasteiger partial charge in [0.15, 0.2) is 11.5 Å². The molecule has 0 aliphatic heterocycles. The van der Waals surface area contributed by atoms with Crippen LogP contribution in [-0.2, 0) is 35.1 Å². The van der Waals surface area contributed by atoms with Gasteiger partial charge in [0.1, 0.15) is 5.54 Å². The molecule has 0 fully saturated rings. The second-order valence-corrected chi connectivity index (χ2v) is 10.5. The topological polar surface area (TPSA) is 131 Å². The Morgan fingerprint density at radius 3 is 1.89 bits per heavy atom. The van der Waals surface area contributed by atoms with Gasteiger partial charge in [-0.05, 0) is 42.4 Å². The predicted octanol–water partition coefficient (Wildman–Crippen LogP) is 4.37. The number of benzene rings is 1. The van der Waals surface area contributed by atoms with E-state index in [1.807, 2.05) is 27.7 Å². The molecule has 0 heterocycles. The second-order valence-electron chi connectivity index (χ2n) is 10.5. The molecule has 1 aromatic rings. The Morgan fingerprint density at radius 2 is 1.41 bits per heavy atom. The third kappa shape index (κ3) is 11.8. The van der Waals surface area contributed by atoms with E-state index >= 15 is 0 Å². The minimum atomic E-state index is -1.50. The zero-order valence-corrected chi connectivity index (χ0v) is 23.3. The van der Waals surface area contributed by atoms with Crippen LogP contribution in [0.3, 0.4) is 0 Å². The maximum atomic E-state index is 12.6. The Bertz CT molecular complexity index is 925. The van der Waals surface area contributed by atoms with Gasteiger partial charge in [-0.25, -0.2) is 0 Å². The highest BCUT2D eigenvalue weighted by Crippen LogP contribution is 2.31. The Hall–Kier alpha value is -2.94. The molecule has 0 saturated heterocycles. The largest absolute Gasteiger partial charge is 0.468 e. The van der Waals surface area contributed by atoms with Gasteiger partial charge in [0.05, 0.1) is 19.6 Å². The standard InChI is InChI=1S/C28H43NO8/c1-18(2)8-12-24(30)36-22-11-10-21(16-23(22)37-25(31)13-9-19(3)4)17-28(29,27(33)34-7)14-15-35-26(32)20(5)6/h10-11,16,18-20H,8-9,12-15,17,29H2,1-7H3/t28-/m1/s1. The van der Waals surface area contributed by atoms with Crippen molar-refractivity contribution < 1.29 is 38.1 Å². The summed E-state index contributed by atoms with van der Waals surface area (Å²) in [4.78, 5) is 49.2.